The summed E-state index contributed by atoms with van der Waals surface area (Å²) in [5.74, 6) is 1.24. The van der Waals surface area contributed by atoms with Crippen molar-refractivity contribution in [2.24, 2.45) is 11.8 Å². The van der Waals surface area contributed by atoms with Gasteiger partial charge in [-0.25, -0.2) is 0 Å². The second-order valence-corrected chi connectivity index (χ2v) is 6.87. The van der Waals surface area contributed by atoms with Crippen molar-refractivity contribution in [1.82, 2.24) is 0 Å². The molecule has 3 heteroatoms. The first kappa shape index (κ1) is 15.2. The molecule has 0 aliphatic rings. The fourth-order valence-corrected chi connectivity index (χ4v) is 2.78. The summed E-state index contributed by atoms with van der Waals surface area (Å²) in [7, 11) is 0. The van der Waals surface area contributed by atoms with Gasteiger partial charge >= 0.3 is 0 Å². The summed E-state index contributed by atoms with van der Waals surface area (Å²) >= 11 is 6.90. The van der Waals surface area contributed by atoms with Crippen molar-refractivity contribution < 1.29 is 5.11 Å². The topological polar surface area (TPSA) is 20.2 Å². The van der Waals surface area contributed by atoms with Gasteiger partial charge in [0.1, 0.15) is 0 Å². The van der Waals surface area contributed by atoms with Crippen molar-refractivity contribution >= 4 is 31.9 Å². The molecule has 0 saturated carbocycles. The first-order chi connectivity index (χ1) is 7.90. The van der Waals surface area contributed by atoms with E-state index in [1.54, 1.807) is 0 Å². The van der Waals surface area contributed by atoms with Gasteiger partial charge in [0.05, 0.1) is 6.10 Å². The Labute approximate surface area is 121 Å². The van der Waals surface area contributed by atoms with Crippen molar-refractivity contribution in [2.45, 2.75) is 39.7 Å². The fraction of sp³-hybridized carbons (Fsp3) is 0.571. The van der Waals surface area contributed by atoms with E-state index >= 15 is 0 Å². The van der Waals surface area contributed by atoms with Crippen LogP contribution in [0.4, 0.5) is 0 Å². The summed E-state index contributed by atoms with van der Waals surface area (Å²) in [4.78, 5) is 0. The first-order valence-electron chi connectivity index (χ1n) is 6.03. The lowest BCUT2D eigenvalue weighted by atomic mass is 9.91. The van der Waals surface area contributed by atoms with Crippen LogP contribution in [-0.4, -0.2) is 5.11 Å². The summed E-state index contributed by atoms with van der Waals surface area (Å²) in [6, 6.07) is 5.92. The van der Waals surface area contributed by atoms with Crippen LogP contribution in [0, 0.1) is 11.8 Å². The van der Waals surface area contributed by atoms with E-state index in [-0.39, 0.29) is 6.10 Å². The van der Waals surface area contributed by atoms with Crippen LogP contribution in [0.1, 0.15) is 45.3 Å². The molecule has 0 aliphatic carbocycles. The molecule has 17 heavy (non-hydrogen) atoms. The fourth-order valence-electron chi connectivity index (χ4n) is 2.14. The van der Waals surface area contributed by atoms with Gasteiger partial charge in [-0.15, -0.1) is 0 Å². The molecule has 0 amide bonds. The minimum absolute atomic E-state index is 0.367. The Kier molecular flexibility index (Phi) is 6.18. The number of aliphatic hydroxyl groups is 1. The van der Waals surface area contributed by atoms with Crippen molar-refractivity contribution in [1.29, 1.82) is 0 Å². The van der Waals surface area contributed by atoms with Gasteiger partial charge in [0.25, 0.3) is 0 Å². The molecule has 0 aliphatic heterocycles. The van der Waals surface area contributed by atoms with E-state index in [9.17, 15) is 5.11 Å². The number of hydrogen-bond donors (Lipinski definition) is 1. The highest BCUT2D eigenvalue weighted by Gasteiger charge is 2.14. The molecule has 0 aromatic heterocycles. The quantitative estimate of drug-likeness (QED) is 0.750. The Morgan fingerprint density at radius 3 is 2.24 bits per heavy atom. The maximum Gasteiger partial charge on any atom is 0.0793 e. The third kappa shape index (κ3) is 5.11. The molecule has 1 N–H and O–H groups in total. The number of aliphatic hydroxyl groups excluding tert-OH is 1. The van der Waals surface area contributed by atoms with Crippen LogP contribution in [0.15, 0.2) is 27.1 Å². The first-order valence-corrected chi connectivity index (χ1v) is 7.61. The summed E-state index contributed by atoms with van der Waals surface area (Å²) in [5, 5.41) is 10.2. The molecular weight excluding hydrogens is 344 g/mol. The summed E-state index contributed by atoms with van der Waals surface area (Å²) in [6.07, 6.45) is 1.62. The summed E-state index contributed by atoms with van der Waals surface area (Å²) in [6.45, 7) is 6.65. The van der Waals surface area contributed by atoms with E-state index in [0.717, 1.165) is 27.4 Å². The molecule has 0 heterocycles. The lowest BCUT2D eigenvalue weighted by molar-refractivity contribution is 0.142. The second kappa shape index (κ2) is 6.91. The van der Waals surface area contributed by atoms with Crippen LogP contribution in [0.5, 0.6) is 0 Å². The largest absolute Gasteiger partial charge is 0.388 e. The molecule has 96 valence electrons. The molecule has 1 rings (SSSR count). The molecule has 0 saturated heterocycles. The van der Waals surface area contributed by atoms with Gasteiger partial charge in [0.2, 0.25) is 0 Å². The highest BCUT2D eigenvalue weighted by molar-refractivity contribution is 9.13. The van der Waals surface area contributed by atoms with Crippen molar-refractivity contribution in [2.75, 3.05) is 0 Å². The van der Waals surface area contributed by atoms with Crippen molar-refractivity contribution in [3.63, 3.8) is 0 Å². The van der Waals surface area contributed by atoms with E-state index in [4.69, 9.17) is 0 Å². The van der Waals surface area contributed by atoms with E-state index in [0.29, 0.717) is 11.8 Å². The lowest BCUT2D eigenvalue weighted by Crippen LogP contribution is -2.07. The molecule has 1 aromatic rings. The number of rotatable bonds is 5. The molecule has 0 bridgehead atoms. The van der Waals surface area contributed by atoms with Crippen LogP contribution in [0.2, 0.25) is 0 Å². The van der Waals surface area contributed by atoms with Crippen LogP contribution < -0.4 is 0 Å². The molecular formula is C14H20Br2O. The van der Waals surface area contributed by atoms with Crippen LogP contribution >= 0.6 is 31.9 Å². The number of halogens is 2. The van der Waals surface area contributed by atoms with Crippen molar-refractivity contribution in [3.8, 4) is 0 Å². The normalized spacial score (nSPS) is 15.0. The predicted molar refractivity (Wildman–Crippen MR) is 80.0 cm³/mol. The zero-order valence-electron chi connectivity index (χ0n) is 10.6. The molecule has 1 aromatic carbocycles. The standard InChI is InChI=1S/C14H20Br2O/c1-9(2)6-10(3)7-14(17)11-4-5-12(15)13(16)8-11/h4-5,8-10,14,17H,6-7H2,1-3H3. The molecule has 2 unspecified atom stereocenters. The summed E-state index contributed by atoms with van der Waals surface area (Å²) in [5.41, 5.74) is 0.982. The summed E-state index contributed by atoms with van der Waals surface area (Å²) < 4.78 is 2.01. The SMILES string of the molecule is CC(C)CC(C)CC(O)c1ccc(Br)c(Br)c1. The Bertz CT molecular complexity index is 363. The maximum absolute atomic E-state index is 10.2. The van der Waals surface area contributed by atoms with Crippen LogP contribution in [0.3, 0.4) is 0 Å². The Morgan fingerprint density at radius 1 is 1.06 bits per heavy atom. The highest BCUT2D eigenvalue weighted by atomic mass is 79.9. The molecule has 2 atom stereocenters. The minimum atomic E-state index is -0.367. The van der Waals surface area contributed by atoms with E-state index in [1.165, 1.54) is 0 Å². The average molecular weight is 364 g/mol. The van der Waals surface area contributed by atoms with Gasteiger partial charge in [-0.1, -0.05) is 26.8 Å². The Balaban J connectivity index is 2.63. The minimum Gasteiger partial charge on any atom is -0.388 e. The molecule has 0 spiro atoms. The molecule has 0 radical (unpaired) electrons. The predicted octanol–water partition coefficient (Wildman–Crippen LogP) is 5.32. The zero-order valence-corrected chi connectivity index (χ0v) is 13.8. The van der Waals surface area contributed by atoms with E-state index in [2.05, 4.69) is 52.6 Å². The second-order valence-electron chi connectivity index (χ2n) is 5.16. The third-order valence-electron chi connectivity index (χ3n) is 2.83. The van der Waals surface area contributed by atoms with Gasteiger partial charge in [-0.2, -0.15) is 0 Å². The average Bonchev–Trinajstić information content (AvgIpc) is 2.20. The van der Waals surface area contributed by atoms with Crippen molar-refractivity contribution in [3.05, 3.63) is 32.7 Å². The third-order valence-corrected chi connectivity index (χ3v) is 4.71. The van der Waals surface area contributed by atoms with Gasteiger partial charge in [0.15, 0.2) is 0 Å². The molecule has 1 nitrogen and oxygen atoms in total. The van der Waals surface area contributed by atoms with E-state index < -0.39 is 0 Å². The van der Waals surface area contributed by atoms with Crippen LogP contribution in [0.25, 0.3) is 0 Å². The smallest absolute Gasteiger partial charge is 0.0793 e. The van der Waals surface area contributed by atoms with Crippen LogP contribution in [-0.2, 0) is 0 Å². The van der Waals surface area contributed by atoms with Gasteiger partial charge in [-0.3, -0.25) is 0 Å². The lowest BCUT2D eigenvalue weighted by Gasteiger charge is -2.18. The molecule has 0 fully saturated rings. The number of hydrogen-bond acceptors (Lipinski definition) is 1. The van der Waals surface area contributed by atoms with E-state index in [1.807, 2.05) is 18.2 Å². The Hall–Kier alpha value is 0.140. The zero-order chi connectivity index (χ0) is 13.0. The highest BCUT2D eigenvalue weighted by Crippen LogP contribution is 2.30. The van der Waals surface area contributed by atoms with Gasteiger partial charge in [-0.05, 0) is 74.2 Å². The Morgan fingerprint density at radius 2 is 1.71 bits per heavy atom. The van der Waals surface area contributed by atoms with Gasteiger partial charge in [0, 0.05) is 8.95 Å². The monoisotopic (exact) mass is 362 g/mol. The maximum atomic E-state index is 10.2. The van der Waals surface area contributed by atoms with Gasteiger partial charge < -0.3 is 5.11 Å². The number of benzene rings is 1.